The van der Waals surface area contributed by atoms with Gasteiger partial charge < -0.3 is 19.9 Å². The van der Waals surface area contributed by atoms with Crippen LogP contribution < -0.4 is 5.32 Å². The zero-order valence-electron chi connectivity index (χ0n) is 26.8. The van der Waals surface area contributed by atoms with Gasteiger partial charge in [0.15, 0.2) is 0 Å². The number of hydrogen-bond donors (Lipinski definition) is 1. The number of amides is 1. The summed E-state index contributed by atoms with van der Waals surface area (Å²) in [6, 6.07) is 9.21. The van der Waals surface area contributed by atoms with Crippen LogP contribution in [0.5, 0.6) is 0 Å². The fourth-order valence-corrected chi connectivity index (χ4v) is 6.28. The molecule has 1 amide bonds. The molecule has 230 valence electrons. The minimum absolute atomic E-state index is 0.219. The first-order valence-electron chi connectivity index (χ1n) is 15.9. The van der Waals surface area contributed by atoms with E-state index in [-0.39, 0.29) is 6.09 Å². The summed E-state index contributed by atoms with van der Waals surface area (Å²) in [7, 11) is 0. The van der Waals surface area contributed by atoms with Crippen molar-refractivity contribution in [3.05, 3.63) is 89.4 Å². The fourth-order valence-electron chi connectivity index (χ4n) is 6.28. The molecule has 2 fully saturated rings. The lowest BCUT2D eigenvalue weighted by Gasteiger charge is -2.41. The summed E-state index contributed by atoms with van der Waals surface area (Å²) in [5, 5.41) is 8.78. The van der Waals surface area contributed by atoms with E-state index in [4.69, 9.17) is 9.84 Å². The maximum absolute atomic E-state index is 12.4. The smallest absolute Gasteiger partial charge is 0.410 e. The number of allylic oxidation sites excluding steroid dienone is 4. The van der Waals surface area contributed by atoms with E-state index in [1.54, 1.807) is 0 Å². The molecule has 0 spiro atoms. The number of nitrogens with zero attached hydrogens (tertiary/aromatic N) is 4. The van der Waals surface area contributed by atoms with Gasteiger partial charge in [-0.2, -0.15) is 5.10 Å². The van der Waals surface area contributed by atoms with E-state index in [9.17, 15) is 4.79 Å². The van der Waals surface area contributed by atoms with Crippen LogP contribution in [0.15, 0.2) is 61.3 Å². The van der Waals surface area contributed by atoms with Gasteiger partial charge >= 0.3 is 6.09 Å². The molecule has 3 aliphatic rings. The van der Waals surface area contributed by atoms with Gasteiger partial charge in [-0.3, -0.25) is 0 Å². The summed E-state index contributed by atoms with van der Waals surface area (Å²) in [6.07, 6.45) is 12.6. The van der Waals surface area contributed by atoms with E-state index >= 15 is 0 Å². The van der Waals surface area contributed by atoms with Gasteiger partial charge in [0.1, 0.15) is 11.3 Å². The van der Waals surface area contributed by atoms with Crippen LogP contribution in [0.4, 0.5) is 4.79 Å². The van der Waals surface area contributed by atoms with Crippen molar-refractivity contribution in [2.45, 2.75) is 84.8 Å². The third-order valence-electron chi connectivity index (χ3n) is 8.99. The van der Waals surface area contributed by atoms with Gasteiger partial charge in [0.25, 0.3) is 0 Å². The highest BCUT2D eigenvalue weighted by Crippen LogP contribution is 2.33. The number of aryl methyl sites for hydroxylation is 3. The standard InChI is InChI=1S/C36H49N5O2/c1-25-13-14-30(23-26(25)2)34-12-10-8-9-11-32-24-33(38-41(32)34)27(3)37-31-17-15-29(16-18-31)28(4)39-19-21-40(22-20-39)35(42)43-36(5,6)7/h8,10,12-14,23-24,29,31,37H,3-4,9,11,15-22H2,1-2,5-7H3/b10-8-,34-12-/t29-,31-. The molecule has 7 nitrogen and oxygen atoms in total. The third kappa shape index (κ3) is 7.43. The molecule has 0 unspecified atom stereocenters. The molecular weight excluding hydrogens is 534 g/mol. The van der Waals surface area contributed by atoms with Crippen LogP contribution >= 0.6 is 0 Å². The largest absolute Gasteiger partial charge is 0.444 e. The first kappa shape index (κ1) is 30.7. The van der Waals surface area contributed by atoms with E-state index in [1.807, 2.05) is 25.7 Å². The third-order valence-corrected chi connectivity index (χ3v) is 8.99. The van der Waals surface area contributed by atoms with Crippen LogP contribution in [-0.4, -0.2) is 63.5 Å². The molecule has 1 aromatic heterocycles. The van der Waals surface area contributed by atoms with E-state index in [2.05, 4.69) is 84.4 Å². The van der Waals surface area contributed by atoms with Crippen LogP contribution in [0.25, 0.3) is 11.4 Å². The summed E-state index contributed by atoms with van der Waals surface area (Å²) in [5.74, 6) is 0.477. The minimum Gasteiger partial charge on any atom is -0.444 e. The van der Waals surface area contributed by atoms with Crippen molar-refractivity contribution in [2.24, 2.45) is 5.92 Å². The Hall–Kier alpha value is -3.74. The number of nitrogens with one attached hydrogen (secondary N) is 1. The molecule has 2 aliphatic heterocycles. The molecule has 5 rings (SSSR count). The van der Waals surface area contributed by atoms with E-state index in [1.165, 1.54) is 28.1 Å². The molecule has 1 aromatic carbocycles. The molecule has 0 radical (unpaired) electrons. The van der Waals surface area contributed by atoms with Gasteiger partial charge in [-0.25, -0.2) is 9.48 Å². The number of aromatic nitrogens is 2. The molecule has 0 bridgehead atoms. The second kappa shape index (κ2) is 12.9. The molecule has 2 aromatic rings. The maximum Gasteiger partial charge on any atom is 0.410 e. The van der Waals surface area contributed by atoms with Crippen molar-refractivity contribution >= 4 is 17.5 Å². The number of benzene rings is 1. The van der Waals surface area contributed by atoms with Crippen molar-refractivity contribution in [3.63, 3.8) is 0 Å². The Labute approximate surface area is 258 Å². The predicted molar refractivity (Wildman–Crippen MR) is 175 cm³/mol. The Morgan fingerprint density at radius 1 is 0.977 bits per heavy atom. The first-order valence-corrected chi connectivity index (χ1v) is 15.9. The maximum atomic E-state index is 12.4. The summed E-state index contributed by atoms with van der Waals surface area (Å²) < 4.78 is 7.66. The lowest BCUT2D eigenvalue weighted by molar-refractivity contribution is 0.0160. The van der Waals surface area contributed by atoms with Gasteiger partial charge in [-0.1, -0.05) is 37.4 Å². The second-order valence-corrected chi connectivity index (χ2v) is 13.4. The average Bonchev–Trinajstić information content (AvgIpc) is 3.37. The Morgan fingerprint density at radius 2 is 1.67 bits per heavy atom. The number of piperazine rings is 1. The number of carbonyl (C=O) groups is 1. The van der Waals surface area contributed by atoms with E-state index < -0.39 is 5.60 Å². The summed E-state index contributed by atoms with van der Waals surface area (Å²) in [5.41, 5.74) is 8.62. The number of carbonyl (C=O) groups excluding carboxylic acids is 1. The fraction of sp³-hybridized carbons (Fsp3) is 0.500. The molecular formula is C36H49N5O2. The Bertz CT molecular complexity index is 1410. The highest BCUT2D eigenvalue weighted by Gasteiger charge is 2.30. The highest BCUT2D eigenvalue weighted by atomic mass is 16.6. The molecule has 0 atom stereocenters. The second-order valence-electron chi connectivity index (χ2n) is 13.4. The van der Waals surface area contributed by atoms with Crippen molar-refractivity contribution in [3.8, 4) is 0 Å². The molecule has 1 saturated heterocycles. The predicted octanol–water partition coefficient (Wildman–Crippen LogP) is 7.08. The molecule has 1 N–H and O–H groups in total. The topological polar surface area (TPSA) is 62.6 Å². The van der Waals surface area contributed by atoms with Crippen LogP contribution in [0.1, 0.15) is 81.0 Å². The zero-order chi connectivity index (χ0) is 30.7. The Morgan fingerprint density at radius 3 is 2.35 bits per heavy atom. The Balaban J connectivity index is 1.15. The quantitative estimate of drug-likeness (QED) is 0.394. The lowest BCUT2D eigenvalue weighted by Crippen LogP contribution is -2.50. The molecule has 1 aliphatic carbocycles. The zero-order valence-corrected chi connectivity index (χ0v) is 26.8. The number of rotatable bonds is 6. The van der Waals surface area contributed by atoms with E-state index in [0.717, 1.165) is 68.7 Å². The minimum atomic E-state index is -0.469. The van der Waals surface area contributed by atoms with Crippen molar-refractivity contribution < 1.29 is 9.53 Å². The van der Waals surface area contributed by atoms with Gasteiger partial charge in [0, 0.05) is 49.2 Å². The first-order chi connectivity index (χ1) is 20.5. The van der Waals surface area contributed by atoms with Crippen molar-refractivity contribution in [1.29, 1.82) is 0 Å². The lowest BCUT2D eigenvalue weighted by atomic mass is 9.83. The SMILES string of the molecule is C=C(N[C@H]1CC[C@H](C(=C)N2CCN(C(=O)OC(C)(C)C)CC2)CC1)c1cc2n(n1)/C(c1ccc(C)c(C)c1)=C\C=C/CC2. The number of hydrogen-bond acceptors (Lipinski definition) is 5. The van der Waals surface area contributed by atoms with Crippen LogP contribution in [0.3, 0.4) is 0 Å². The van der Waals surface area contributed by atoms with Crippen LogP contribution in [0.2, 0.25) is 0 Å². The van der Waals surface area contributed by atoms with Gasteiger partial charge in [-0.15, -0.1) is 0 Å². The van der Waals surface area contributed by atoms with Gasteiger partial charge in [-0.05, 0) is 108 Å². The highest BCUT2D eigenvalue weighted by molar-refractivity contribution is 5.70. The van der Waals surface area contributed by atoms with Crippen molar-refractivity contribution in [1.82, 2.24) is 24.9 Å². The number of fused-ring (bicyclic) bond motifs is 1. The summed E-state index contributed by atoms with van der Waals surface area (Å²) in [4.78, 5) is 16.6. The molecule has 7 heteroatoms. The summed E-state index contributed by atoms with van der Waals surface area (Å²) in [6.45, 7) is 21.9. The average molecular weight is 584 g/mol. The van der Waals surface area contributed by atoms with Crippen LogP contribution in [-0.2, 0) is 11.2 Å². The number of ether oxygens (including phenoxy) is 1. The van der Waals surface area contributed by atoms with Gasteiger partial charge in [0.05, 0.1) is 11.4 Å². The normalized spacial score (nSPS) is 22.9. The summed E-state index contributed by atoms with van der Waals surface area (Å²) >= 11 is 0. The molecule has 1 saturated carbocycles. The Kier molecular flexibility index (Phi) is 9.19. The van der Waals surface area contributed by atoms with Gasteiger partial charge in [0.2, 0.25) is 0 Å². The molecule has 43 heavy (non-hydrogen) atoms. The van der Waals surface area contributed by atoms with Crippen LogP contribution in [0, 0.1) is 19.8 Å². The molecule has 3 heterocycles. The van der Waals surface area contributed by atoms with E-state index in [0.29, 0.717) is 25.0 Å². The van der Waals surface area contributed by atoms with Crippen molar-refractivity contribution in [2.75, 3.05) is 26.2 Å². The monoisotopic (exact) mass is 583 g/mol.